The number of anilines is 2. The van der Waals surface area contributed by atoms with Crippen molar-refractivity contribution >= 4 is 11.6 Å². The molecule has 19 heavy (non-hydrogen) atoms. The number of hydrogen-bond acceptors (Lipinski definition) is 5. The van der Waals surface area contributed by atoms with Crippen molar-refractivity contribution in [1.29, 1.82) is 0 Å². The maximum Gasteiger partial charge on any atom is 0.137 e. The maximum absolute atomic E-state index is 6.01. The van der Waals surface area contributed by atoms with Crippen LogP contribution < -0.4 is 10.6 Å². The number of nitrogens with zero attached hydrogens (tertiary/aromatic N) is 3. The molecule has 0 bridgehead atoms. The molecule has 106 valence electrons. The van der Waals surface area contributed by atoms with Crippen molar-refractivity contribution in [3.8, 4) is 0 Å². The summed E-state index contributed by atoms with van der Waals surface area (Å²) < 4.78 is 5.24. The first kappa shape index (κ1) is 14.1. The molecule has 5 nitrogen and oxygen atoms in total. The second-order valence-electron chi connectivity index (χ2n) is 5.54. The lowest BCUT2D eigenvalue weighted by atomic mass is 9.96. The molecule has 0 aromatic carbocycles. The molecule has 1 aliphatic rings. The van der Waals surface area contributed by atoms with E-state index in [4.69, 9.17) is 10.5 Å². The van der Waals surface area contributed by atoms with E-state index in [2.05, 4.69) is 28.7 Å². The predicted octanol–water partition coefficient (Wildman–Crippen LogP) is 2.04. The van der Waals surface area contributed by atoms with Gasteiger partial charge in [0.05, 0.1) is 0 Å². The highest BCUT2D eigenvalue weighted by atomic mass is 16.5. The third-order valence-corrected chi connectivity index (χ3v) is 3.79. The number of ether oxygens (including phenoxy) is 1. The van der Waals surface area contributed by atoms with Gasteiger partial charge in [-0.05, 0) is 24.7 Å². The van der Waals surface area contributed by atoms with Gasteiger partial charge in [-0.3, -0.25) is 0 Å². The smallest absolute Gasteiger partial charge is 0.137 e. The molecule has 0 radical (unpaired) electrons. The van der Waals surface area contributed by atoms with Crippen LogP contribution in [0.2, 0.25) is 0 Å². The largest absolute Gasteiger partial charge is 0.384 e. The summed E-state index contributed by atoms with van der Waals surface area (Å²) in [5.74, 6) is 2.63. The average molecular weight is 264 g/mol. The summed E-state index contributed by atoms with van der Waals surface area (Å²) in [6, 6.07) is 0. The Hall–Kier alpha value is -1.36. The average Bonchev–Trinajstić information content (AvgIpc) is 2.39. The van der Waals surface area contributed by atoms with Crippen LogP contribution >= 0.6 is 0 Å². The first-order valence-corrected chi connectivity index (χ1v) is 6.97. The topological polar surface area (TPSA) is 64.3 Å². The third kappa shape index (κ3) is 3.15. The number of piperidine rings is 1. The number of aromatic nitrogens is 2. The highest BCUT2D eigenvalue weighted by Crippen LogP contribution is 2.31. The van der Waals surface area contributed by atoms with Crippen molar-refractivity contribution in [3.05, 3.63) is 11.9 Å². The summed E-state index contributed by atoms with van der Waals surface area (Å²) >= 11 is 0. The van der Waals surface area contributed by atoms with Crippen molar-refractivity contribution in [2.24, 2.45) is 5.92 Å². The van der Waals surface area contributed by atoms with Crippen LogP contribution in [0.1, 0.15) is 38.2 Å². The molecule has 0 amide bonds. The lowest BCUT2D eigenvalue weighted by Gasteiger charge is -2.34. The van der Waals surface area contributed by atoms with Crippen LogP contribution in [-0.4, -0.2) is 36.8 Å². The first-order valence-electron chi connectivity index (χ1n) is 6.97. The fourth-order valence-electron chi connectivity index (χ4n) is 2.75. The fraction of sp³-hybridized carbons (Fsp3) is 0.714. The lowest BCUT2D eigenvalue weighted by Crippen LogP contribution is -2.36. The molecule has 0 spiro atoms. The van der Waals surface area contributed by atoms with Crippen molar-refractivity contribution in [2.75, 3.05) is 37.4 Å². The van der Waals surface area contributed by atoms with E-state index in [1.165, 1.54) is 0 Å². The number of nitrogen functional groups attached to an aromatic ring is 1. The Bertz CT molecular complexity index is 414. The fourth-order valence-corrected chi connectivity index (χ4v) is 2.75. The minimum absolute atomic E-state index is 0.341. The molecule has 0 saturated carbocycles. The van der Waals surface area contributed by atoms with E-state index in [0.717, 1.165) is 43.9 Å². The van der Waals surface area contributed by atoms with Crippen LogP contribution in [0.3, 0.4) is 0 Å². The highest BCUT2D eigenvalue weighted by molar-refractivity contribution is 5.58. The quantitative estimate of drug-likeness (QED) is 0.901. The summed E-state index contributed by atoms with van der Waals surface area (Å²) in [5, 5.41) is 0. The van der Waals surface area contributed by atoms with Gasteiger partial charge < -0.3 is 15.4 Å². The van der Waals surface area contributed by atoms with Gasteiger partial charge in [-0.15, -0.1) is 0 Å². The van der Waals surface area contributed by atoms with Crippen LogP contribution in [0.5, 0.6) is 0 Å². The maximum atomic E-state index is 6.01. The van der Waals surface area contributed by atoms with Crippen LogP contribution in [-0.2, 0) is 4.74 Å². The SMILES string of the molecule is COCC1CCN(c2ncnc(N)c2C(C)C)CC1. The van der Waals surface area contributed by atoms with E-state index in [0.29, 0.717) is 17.7 Å². The molecule has 2 heterocycles. The van der Waals surface area contributed by atoms with E-state index >= 15 is 0 Å². The van der Waals surface area contributed by atoms with E-state index < -0.39 is 0 Å². The monoisotopic (exact) mass is 264 g/mol. The minimum atomic E-state index is 0.341. The van der Waals surface area contributed by atoms with Crippen LogP contribution in [0.25, 0.3) is 0 Å². The van der Waals surface area contributed by atoms with Gasteiger partial charge in [-0.1, -0.05) is 13.8 Å². The first-order chi connectivity index (χ1) is 9.13. The molecule has 1 fully saturated rings. The Morgan fingerprint density at radius 3 is 2.63 bits per heavy atom. The van der Waals surface area contributed by atoms with Gasteiger partial charge in [0.1, 0.15) is 18.0 Å². The Balaban J connectivity index is 2.13. The summed E-state index contributed by atoms with van der Waals surface area (Å²) in [5.41, 5.74) is 7.08. The lowest BCUT2D eigenvalue weighted by molar-refractivity contribution is 0.139. The van der Waals surface area contributed by atoms with Gasteiger partial charge in [0.15, 0.2) is 0 Å². The highest BCUT2D eigenvalue weighted by Gasteiger charge is 2.24. The van der Waals surface area contributed by atoms with E-state index in [-0.39, 0.29) is 0 Å². The van der Waals surface area contributed by atoms with E-state index in [1.807, 2.05) is 0 Å². The predicted molar refractivity (Wildman–Crippen MR) is 77.3 cm³/mol. The van der Waals surface area contributed by atoms with Crippen molar-refractivity contribution in [1.82, 2.24) is 9.97 Å². The Kier molecular flexibility index (Phi) is 4.58. The van der Waals surface area contributed by atoms with Crippen molar-refractivity contribution < 1.29 is 4.74 Å². The summed E-state index contributed by atoms with van der Waals surface area (Å²) in [6.45, 7) is 7.16. The third-order valence-electron chi connectivity index (χ3n) is 3.79. The molecule has 1 saturated heterocycles. The van der Waals surface area contributed by atoms with Crippen molar-refractivity contribution in [3.63, 3.8) is 0 Å². The number of rotatable bonds is 4. The zero-order valence-corrected chi connectivity index (χ0v) is 12.1. The van der Waals surface area contributed by atoms with Gasteiger partial charge in [0.2, 0.25) is 0 Å². The van der Waals surface area contributed by atoms with Gasteiger partial charge >= 0.3 is 0 Å². The normalized spacial score (nSPS) is 17.2. The zero-order valence-electron chi connectivity index (χ0n) is 12.1. The Morgan fingerprint density at radius 2 is 2.05 bits per heavy atom. The molecular formula is C14H24N4O. The number of nitrogens with two attached hydrogens (primary N) is 1. The second-order valence-corrected chi connectivity index (χ2v) is 5.54. The number of methoxy groups -OCH3 is 1. The molecule has 1 aliphatic heterocycles. The van der Waals surface area contributed by atoms with E-state index in [9.17, 15) is 0 Å². The van der Waals surface area contributed by atoms with E-state index in [1.54, 1.807) is 13.4 Å². The van der Waals surface area contributed by atoms with Crippen LogP contribution in [0.4, 0.5) is 11.6 Å². The standard InChI is InChI=1S/C14H24N4O/c1-10(2)12-13(15)16-9-17-14(12)18-6-4-11(5-7-18)8-19-3/h9-11H,4-8H2,1-3H3,(H2,15,16,17). The molecule has 5 heteroatoms. The van der Waals surface area contributed by atoms with Gasteiger partial charge in [-0.25, -0.2) is 9.97 Å². The molecule has 2 rings (SSSR count). The van der Waals surface area contributed by atoms with Crippen LogP contribution in [0.15, 0.2) is 6.33 Å². The van der Waals surface area contributed by atoms with Gasteiger partial charge in [-0.2, -0.15) is 0 Å². The molecule has 1 aromatic rings. The molecule has 0 unspecified atom stereocenters. The summed E-state index contributed by atoms with van der Waals surface area (Å²) in [4.78, 5) is 10.9. The minimum Gasteiger partial charge on any atom is -0.384 e. The van der Waals surface area contributed by atoms with Gasteiger partial charge in [0.25, 0.3) is 0 Å². The molecule has 1 aromatic heterocycles. The summed E-state index contributed by atoms with van der Waals surface area (Å²) in [6.07, 6.45) is 3.86. The Labute approximate surface area is 115 Å². The molecule has 0 aliphatic carbocycles. The molecular weight excluding hydrogens is 240 g/mol. The second kappa shape index (κ2) is 6.19. The zero-order chi connectivity index (χ0) is 13.8. The number of hydrogen-bond donors (Lipinski definition) is 1. The van der Waals surface area contributed by atoms with Crippen molar-refractivity contribution in [2.45, 2.75) is 32.6 Å². The summed E-state index contributed by atoms with van der Waals surface area (Å²) in [7, 11) is 1.77. The van der Waals surface area contributed by atoms with Gasteiger partial charge in [0, 0.05) is 32.4 Å². The molecule has 2 N–H and O–H groups in total. The van der Waals surface area contributed by atoms with Crippen LogP contribution in [0, 0.1) is 5.92 Å². The molecule has 0 atom stereocenters. The Morgan fingerprint density at radius 1 is 1.37 bits per heavy atom.